The van der Waals surface area contributed by atoms with E-state index in [1.165, 1.54) is 32.1 Å². The lowest BCUT2D eigenvalue weighted by Crippen LogP contribution is -2.42. The van der Waals surface area contributed by atoms with E-state index in [0.29, 0.717) is 19.1 Å². The molecule has 2 aromatic rings. The number of hydrogen-bond acceptors (Lipinski definition) is 4. The summed E-state index contributed by atoms with van der Waals surface area (Å²) in [6, 6.07) is 6.42. The molecule has 0 aliphatic heterocycles. The van der Waals surface area contributed by atoms with Gasteiger partial charge in [-0.25, -0.2) is 4.79 Å². The molecule has 136 valence electrons. The minimum absolute atomic E-state index is 0.166. The summed E-state index contributed by atoms with van der Waals surface area (Å²) in [7, 11) is 2.15. The Morgan fingerprint density at radius 2 is 2.08 bits per heavy atom. The molecule has 2 amide bonds. The SMILES string of the molecule is Cc1ccc2onc(CNC(=O)NCCN(C)C3CCCCC3)c2c1. The second-order valence-electron chi connectivity index (χ2n) is 7.01. The van der Waals surface area contributed by atoms with Crippen LogP contribution in [0, 0.1) is 6.92 Å². The Hall–Kier alpha value is -2.08. The number of hydrogen-bond donors (Lipinski definition) is 2. The number of likely N-dealkylation sites (N-methyl/N-ethyl adjacent to an activating group) is 1. The van der Waals surface area contributed by atoms with Gasteiger partial charge in [0, 0.05) is 24.5 Å². The maximum atomic E-state index is 12.0. The molecule has 3 rings (SSSR count). The molecule has 1 aromatic heterocycles. The second-order valence-corrected chi connectivity index (χ2v) is 7.01. The minimum atomic E-state index is -0.166. The van der Waals surface area contributed by atoms with Crippen LogP contribution in [0.4, 0.5) is 4.79 Å². The third-order valence-corrected chi connectivity index (χ3v) is 5.06. The van der Waals surface area contributed by atoms with Crippen LogP contribution >= 0.6 is 0 Å². The molecule has 1 fully saturated rings. The molecular weight excluding hydrogens is 316 g/mol. The van der Waals surface area contributed by atoms with Crippen molar-refractivity contribution in [2.45, 2.75) is 51.6 Å². The molecule has 0 saturated heterocycles. The Balaban J connectivity index is 1.41. The number of carbonyl (C=O) groups excluding carboxylic acids is 1. The van der Waals surface area contributed by atoms with Crippen molar-refractivity contribution in [3.05, 3.63) is 29.5 Å². The van der Waals surface area contributed by atoms with Gasteiger partial charge in [-0.05, 0) is 38.9 Å². The molecule has 0 radical (unpaired) electrons. The van der Waals surface area contributed by atoms with Gasteiger partial charge in [0.1, 0.15) is 5.69 Å². The summed E-state index contributed by atoms with van der Waals surface area (Å²) >= 11 is 0. The van der Waals surface area contributed by atoms with E-state index in [-0.39, 0.29) is 6.03 Å². The van der Waals surface area contributed by atoms with Crippen molar-refractivity contribution in [2.24, 2.45) is 0 Å². The fraction of sp³-hybridized carbons (Fsp3) is 0.579. The number of aromatic nitrogens is 1. The van der Waals surface area contributed by atoms with Gasteiger partial charge >= 0.3 is 6.03 Å². The van der Waals surface area contributed by atoms with E-state index in [1.54, 1.807) is 0 Å². The van der Waals surface area contributed by atoms with Gasteiger partial charge in [0.2, 0.25) is 0 Å². The van der Waals surface area contributed by atoms with Crippen molar-refractivity contribution in [2.75, 3.05) is 20.1 Å². The number of fused-ring (bicyclic) bond motifs is 1. The summed E-state index contributed by atoms with van der Waals surface area (Å²) in [4.78, 5) is 14.4. The lowest BCUT2D eigenvalue weighted by atomic mass is 9.94. The standard InChI is InChI=1S/C19H28N4O2/c1-14-8-9-18-16(12-14)17(22-25-18)13-21-19(24)20-10-11-23(2)15-6-4-3-5-7-15/h8-9,12,15H,3-7,10-11,13H2,1-2H3,(H2,20,21,24). The maximum Gasteiger partial charge on any atom is 0.315 e. The van der Waals surface area contributed by atoms with Crippen LogP contribution in [0.25, 0.3) is 11.0 Å². The molecule has 1 heterocycles. The molecule has 0 unspecified atom stereocenters. The van der Waals surface area contributed by atoms with Crippen molar-refractivity contribution in [1.82, 2.24) is 20.7 Å². The van der Waals surface area contributed by atoms with Crippen LogP contribution in [0.1, 0.15) is 43.4 Å². The lowest BCUT2D eigenvalue weighted by molar-refractivity contribution is 0.191. The smallest absolute Gasteiger partial charge is 0.315 e. The Labute approximate surface area is 148 Å². The van der Waals surface area contributed by atoms with Crippen molar-refractivity contribution >= 4 is 17.0 Å². The molecule has 6 heteroatoms. The van der Waals surface area contributed by atoms with E-state index in [2.05, 4.69) is 27.7 Å². The van der Waals surface area contributed by atoms with Gasteiger partial charge in [0.05, 0.1) is 6.54 Å². The molecule has 1 aromatic carbocycles. The molecule has 1 aliphatic rings. The van der Waals surface area contributed by atoms with Gasteiger partial charge in [-0.3, -0.25) is 0 Å². The molecular formula is C19H28N4O2. The molecule has 0 atom stereocenters. The lowest BCUT2D eigenvalue weighted by Gasteiger charge is -2.31. The first-order chi connectivity index (χ1) is 12.1. The second kappa shape index (κ2) is 8.34. The van der Waals surface area contributed by atoms with Crippen LogP contribution < -0.4 is 10.6 Å². The average molecular weight is 344 g/mol. The van der Waals surface area contributed by atoms with Crippen LogP contribution in [0.15, 0.2) is 22.7 Å². The first-order valence-electron chi connectivity index (χ1n) is 9.20. The number of nitrogens with zero attached hydrogens (tertiary/aromatic N) is 2. The number of aryl methyl sites for hydroxylation is 1. The third-order valence-electron chi connectivity index (χ3n) is 5.06. The number of amides is 2. The van der Waals surface area contributed by atoms with E-state index >= 15 is 0 Å². The summed E-state index contributed by atoms with van der Waals surface area (Å²) in [6.45, 7) is 3.92. The van der Waals surface area contributed by atoms with E-state index in [4.69, 9.17) is 4.52 Å². The Kier molecular flexibility index (Phi) is 5.91. The predicted octanol–water partition coefficient (Wildman–Crippen LogP) is 3.20. The molecule has 6 nitrogen and oxygen atoms in total. The highest BCUT2D eigenvalue weighted by atomic mass is 16.5. The average Bonchev–Trinajstić information content (AvgIpc) is 3.02. The Bertz CT molecular complexity index is 707. The zero-order chi connectivity index (χ0) is 17.6. The minimum Gasteiger partial charge on any atom is -0.356 e. The van der Waals surface area contributed by atoms with Crippen molar-refractivity contribution < 1.29 is 9.32 Å². The quantitative estimate of drug-likeness (QED) is 0.844. The van der Waals surface area contributed by atoms with E-state index in [9.17, 15) is 4.79 Å². The predicted molar refractivity (Wildman–Crippen MR) is 98.5 cm³/mol. The highest BCUT2D eigenvalue weighted by molar-refractivity contribution is 5.81. The summed E-state index contributed by atoms with van der Waals surface area (Å²) in [6.07, 6.45) is 6.58. The fourth-order valence-electron chi connectivity index (χ4n) is 3.51. The van der Waals surface area contributed by atoms with Gasteiger partial charge in [-0.15, -0.1) is 0 Å². The van der Waals surface area contributed by atoms with Crippen molar-refractivity contribution in [3.63, 3.8) is 0 Å². The number of carbonyl (C=O) groups is 1. The zero-order valence-corrected chi connectivity index (χ0v) is 15.2. The first-order valence-corrected chi connectivity index (χ1v) is 9.20. The van der Waals surface area contributed by atoms with Gasteiger partial charge in [-0.2, -0.15) is 0 Å². The van der Waals surface area contributed by atoms with Gasteiger partial charge in [0.15, 0.2) is 5.58 Å². The number of nitrogens with one attached hydrogen (secondary N) is 2. The number of rotatable bonds is 6. The summed E-state index contributed by atoms with van der Waals surface area (Å²) < 4.78 is 5.29. The molecule has 2 N–H and O–H groups in total. The summed E-state index contributed by atoms with van der Waals surface area (Å²) in [5.74, 6) is 0. The molecule has 0 spiro atoms. The number of benzene rings is 1. The fourth-order valence-corrected chi connectivity index (χ4v) is 3.51. The number of urea groups is 1. The largest absolute Gasteiger partial charge is 0.356 e. The molecule has 25 heavy (non-hydrogen) atoms. The molecule has 0 bridgehead atoms. The highest BCUT2D eigenvalue weighted by Gasteiger charge is 2.17. The summed E-state index contributed by atoms with van der Waals surface area (Å²) in [5, 5.41) is 10.8. The first kappa shape index (κ1) is 17.7. The third kappa shape index (κ3) is 4.72. The Morgan fingerprint density at radius 1 is 1.28 bits per heavy atom. The highest BCUT2D eigenvalue weighted by Crippen LogP contribution is 2.21. The van der Waals surface area contributed by atoms with E-state index in [1.807, 2.05) is 25.1 Å². The summed E-state index contributed by atoms with van der Waals surface area (Å²) in [5.41, 5.74) is 2.65. The van der Waals surface area contributed by atoms with Crippen LogP contribution in [-0.4, -0.2) is 42.3 Å². The Morgan fingerprint density at radius 3 is 2.88 bits per heavy atom. The maximum absolute atomic E-state index is 12.0. The van der Waals surface area contributed by atoms with Crippen molar-refractivity contribution in [3.8, 4) is 0 Å². The van der Waals surface area contributed by atoms with E-state index < -0.39 is 0 Å². The van der Waals surface area contributed by atoms with Crippen LogP contribution in [0.5, 0.6) is 0 Å². The van der Waals surface area contributed by atoms with Gasteiger partial charge in [0.25, 0.3) is 0 Å². The van der Waals surface area contributed by atoms with Crippen LogP contribution in [-0.2, 0) is 6.54 Å². The monoisotopic (exact) mass is 344 g/mol. The van der Waals surface area contributed by atoms with Crippen LogP contribution in [0.3, 0.4) is 0 Å². The van der Waals surface area contributed by atoms with E-state index in [0.717, 1.165) is 28.8 Å². The zero-order valence-electron chi connectivity index (χ0n) is 15.2. The normalized spacial score (nSPS) is 15.6. The van der Waals surface area contributed by atoms with Crippen molar-refractivity contribution in [1.29, 1.82) is 0 Å². The van der Waals surface area contributed by atoms with Gasteiger partial charge in [-0.1, -0.05) is 36.0 Å². The van der Waals surface area contributed by atoms with Gasteiger partial charge < -0.3 is 20.1 Å². The van der Waals surface area contributed by atoms with Crippen LogP contribution in [0.2, 0.25) is 0 Å². The molecule has 1 saturated carbocycles. The molecule has 1 aliphatic carbocycles. The topological polar surface area (TPSA) is 70.4 Å².